The topological polar surface area (TPSA) is 55.1 Å². The second-order valence-corrected chi connectivity index (χ2v) is 5.40. The van der Waals surface area contributed by atoms with Gasteiger partial charge >= 0.3 is 0 Å². The second kappa shape index (κ2) is 5.17. The molecule has 1 aliphatic rings. The van der Waals surface area contributed by atoms with Crippen LogP contribution in [0, 0.1) is 0 Å². The number of benzene rings is 2. The lowest BCUT2D eigenvalue weighted by Gasteiger charge is -2.10. The third kappa shape index (κ3) is 2.37. The fourth-order valence-electron chi connectivity index (χ4n) is 2.57. The van der Waals surface area contributed by atoms with Crippen molar-refractivity contribution < 1.29 is 4.79 Å². The average Bonchev–Trinajstić information content (AvgIpc) is 2.90. The van der Waals surface area contributed by atoms with Gasteiger partial charge in [-0.25, -0.2) is 0 Å². The molecule has 2 aromatic rings. The van der Waals surface area contributed by atoms with Crippen LogP contribution >= 0.6 is 11.6 Å². The molecular formula is C16H15ClN2O. The van der Waals surface area contributed by atoms with E-state index in [2.05, 4.69) is 5.32 Å². The maximum atomic E-state index is 12.3. The van der Waals surface area contributed by atoms with Crippen LogP contribution in [0.4, 0.5) is 11.4 Å². The van der Waals surface area contributed by atoms with Crippen molar-refractivity contribution in [3.8, 4) is 0 Å². The van der Waals surface area contributed by atoms with Crippen molar-refractivity contribution in [2.45, 2.75) is 19.3 Å². The van der Waals surface area contributed by atoms with Gasteiger partial charge in [-0.2, -0.15) is 0 Å². The summed E-state index contributed by atoms with van der Waals surface area (Å²) in [6.45, 7) is 0. The van der Waals surface area contributed by atoms with Crippen LogP contribution in [0.25, 0.3) is 0 Å². The highest BCUT2D eigenvalue weighted by molar-refractivity contribution is 6.34. The molecule has 0 saturated heterocycles. The van der Waals surface area contributed by atoms with Gasteiger partial charge in [-0.3, -0.25) is 4.79 Å². The van der Waals surface area contributed by atoms with Gasteiger partial charge in [0.05, 0.1) is 16.4 Å². The van der Waals surface area contributed by atoms with Crippen LogP contribution in [-0.2, 0) is 12.8 Å². The standard InChI is InChI=1S/C16H15ClN2O/c17-13-5-2-6-14(18)15(13)19-16(20)12-8-7-10-3-1-4-11(10)9-12/h2,5-9H,1,3-4,18H2,(H,19,20). The Hall–Kier alpha value is -2.00. The number of amides is 1. The fourth-order valence-corrected chi connectivity index (χ4v) is 2.80. The molecule has 0 saturated carbocycles. The predicted octanol–water partition coefficient (Wildman–Crippen LogP) is 3.66. The van der Waals surface area contributed by atoms with E-state index in [1.165, 1.54) is 11.1 Å². The van der Waals surface area contributed by atoms with Crippen LogP contribution in [0.2, 0.25) is 5.02 Å². The number of nitrogens with two attached hydrogens (primary N) is 1. The molecule has 0 bridgehead atoms. The number of para-hydroxylation sites is 1. The molecule has 3 N–H and O–H groups in total. The van der Waals surface area contributed by atoms with E-state index in [0.29, 0.717) is 22.0 Å². The first-order valence-corrected chi connectivity index (χ1v) is 7.00. The van der Waals surface area contributed by atoms with E-state index in [9.17, 15) is 4.79 Å². The Morgan fingerprint density at radius 2 is 1.95 bits per heavy atom. The number of halogens is 1. The summed E-state index contributed by atoms with van der Waals surface area (Å²) in [6, 6.07) is 11.0. The zero-order valence-corrected chi connectivity index (χ0v) is 11.7. The molecule has 2 aromatic carbocycles. The van der Waals surface area contributed by atoms with Gasteiger partial charge in [-0.1, -0.05) is 23.7 Å². The summed E-state index contributed by atoms with van der Waals surface area (Å²) in [5, 5.41) is 3.23. The van der Waals surface area contributed by atoms with Gasteiger partial charge in [-0.05, 0) is 54.7 Å². The third-order valence-electron chi connectivity index (χ3n) is 3.65. The minimum atomic E-state index is -0.181. The molecular weight excluding hydrogens is 272 g/mol. The molecule has 102 valence electrons. The molecule has 4 heteroatoms. The van der Waals surface area contributed by atoms with E-state index < -0.39 is 0 Å². The first kappa shape index (κ1) is 13.0. The predicted molar refractivity (Wildman–Crippen MR) is 82.3 cm³/mol. The Labute approximate surface area is 122 Å². The Morgan fingerprint density at radius 1 is 1.15 bits per heavy atom. The first-order valence-electron chi connectivity index (χ1n) is 6.62. The smallest absolute Gasteiger partial charge is 0.255 e. The zero-order valence-electron chi connectivity index (χ0n) is 10.9. The van der Waals surface area contributed by atoms with Crippen LogP contribution in [0.1, 0.15) is 27.9 Å². The molecule has 0 spiro atoms. The Balaban J connectivity index is 1.86. The summed E-state index contributed by atoms with van der Waals surface area (Å²) in [4.78, 5) is 12.3. The Morgan fingerprint density at radius 3 is 2.75 bits per heavy atom. The Kier molecular flexibility index (Phi) is 3.36. The number of fused-ring (bicyclic) bond motifs is 1. The molecule has 3 nitrogen and oxygen atoms in total. The lowest BCUT2D eigenvalue weighted by Crippen LogP contribution is -2.14. The second-order valence-electron chi connectivity index (χ2n) is 5.00. The van der Waals surface area contributed by atoms with Crippen molar-refractivity contribution in [2.24, 2.45) is 0 Å². The largest absolute Gasteiger partial charge is 0.397 e. The summed E-state index contributed by atoms with van der Waals surface area (Å²) >= 11 is 6.06. The minimum Gasteiger partial charge on any atom is -0.397 e. The molecule has 0 fully saturated rings. The quantitative estimate of drug-likeness (QED) is 0.828. The lowest BCUT2D eigenvalue weighted by molar-refractivity contribution is 0.102. The van der Waals surface area contributed by atoms with Crippen molar-refractivity contribution in [1.29, 1.82) is 0 Å². The minimum absolute atomic E-state index is 0.181. The number of rotatable bonds is 2. The highest BCUT2D eigenvalue weighted by Gasteiger charge is 2.15. The number of aryl methyl sites for hydroxylation is 2. The molecule has 0 aromatic heterocycles. The number of anilines is 2. The van der Waals surface area contributed by atoms with Gasteiger partial charge in [0.15, 0.2) is 0 Å². The molecule has 3 rings (SSSR count). The Bertz CT molecular complexity index is 662. The number of nitrogens with one attached hydrogen (secondary N) is 1. The number of hydrogen-bond donors (Lipinski definition) is 2. The van der Waals surface area contributed by atoms with Gasteiger partial charge in [0.25, 0.3) is 5.91 Å². The van der Waals surface area contributed by atoms with Crippen LogP contribution in [0.15, 0.2) is 36.4 Å². The highest BCUT2D eigenvalue weighted by atomic mass is 35.5. The molecule has 0 aliphatic heterocycles. The maximum absolute atomic E-state index is 12.3. The van der Waals surface area contributed by atoms with Crippen LogP contribution < -0.4 is 11.1 Å². The summed E-state index contributed by atoms with van der Waals surface area (Å²) in [5.41, 5.74) is 10.0. The number of carbonyl (C=O) groups excluding carboxylic acids is 1. The summed E-state index contributed by atoms with van der Waals surface area (Å²) in [5.74, 6) is -0.181. The van der Waals surface area contributed by atoms with Gasteiger partial charge in [0.2, 0.25) is 0 Å². The SMILES string of the molecule is Nc1cccc(Cl)c1NC(=O)c1ccc2c(c1)CCC2. The number of carbonyl (C=O) groups is 1. The molecule has 0 radical (unpaired) electrons. The molecule has 1 amide bonds. The lowest BCUT2D eigenvalue weighted by atomic mass is 10.1. The van der Waals surface area contributed by atoms with E-state index >= 15 is 0 Å². The van der Waals surface area contributed by atoms with E-state index in [0.717, 1.165) is 19.3 Å². The van der Waals surface area contributed by atoms with Crippen molar-refractivity contribution in [3.05, 3.63) is 58.1 Å². The van der Waals surface area contributed by atoms with Crippen molar-refractivity contribution in [3.63, 3.8) is 0 Å². The van der Waals surface area contributed by atoms with Gasteiger partial charge in [0.1, 0.15) is 0 Å². The van der Waals surface area contributed by atoms with E-state index in [4.69, 9.17) is 17.3 Å². The summed E-state index contributed by atoms with van der Waals surface area (Å²) < 4.78 is 0. The van der Waals surface area contributed by atoms with Crippen LogP contribution in [0.3, 0.4) is 0 Å². The van der Waals surface area contributed by atoms with E-state index in [-0.39, 0.29) is 5.91 Å². The third-order valence-corrected chi connectivity index (χ3v) is 3.96. The molecule has 1 aliphatic carbocycles. The van der Waals surface area contributed by atoms with E-state index in [1.807, 2.05) is 18.2 Å². The number of nitrogen functional groups attached to an aromatic ring is 1. The van der Waals surface area contributed by atoms with Crippen LogP contribution in [0.5, 0.6) is 0 Å². The zero-order chi connectivity index (χ0) is 14.1. The van der Waals surface area contributed by atoms with Crippen molar-refractivity contribution in [2.75, 3.05) is 11.1 Å². The van der Waals surface area contributed by atoms with Crippen LogP contribution in [-0.4, -0.2) is 5.91 Å². The van der Waals surface area contributed by atoms with E-state index in [1.54, 1.807) is 18.2 Å². The van der Waals surface area contributed by atoms with Crippen molar-refractivity contribution >= 4 is 28.9 Å². The maximum Gasteiger partial charge on any atom is 0.255 e. The van der Waals surface area contributed by atoms with Gasteiger partial charge in [-0.15, -0.1) is 0 Å². The summed E-state index contributed by atoms with van der Waals surface area (Å²) in [7, 11) is 0. The van der Waals surface area contributed by atoms with Gasteiger partial charge in [0, 0.05) is 5.56 Å². The molecule has 20 heavy (non-hydrogen) atoms. The number of hydrogen-bond acceptors (Lipinski definition) is 2. The molecule has 0 atom stereocenters. The van der Waals surface area contributed by atoms with Crippen molar-refractivity contribution in [1.82, 2.24) is 0 Å². The fraction of sp³-hybridized carbons (Fsp3) is 0.188. The monoisotopic (exact) mass is 286 g/mol. The first-order chi connectivity index (χ1) is 9.65. The summed E-state index contributed by atoms with van der Waals surface area (Å²) in [6.07, 6.45) is 3.32. The average molecular weight is 287 g/mol. The highest BCUT2D eigenvalue weighted by Crippen LogP contribution is 2.29. The van der Waals surface area contributed by atoms with Gasteiger partial charge < -0.3 is 11.1 Å². The molecule has 0 unspecified atom stereocenters. The molecule has 0 heterocycles. The normalized spacial score (nSPS) is 13.1.